The maximum Gasteiger partial charge on any atom is 0.250 e. The van der Waals surface area contributed by atoms with Crippen LogP contribution < -0.4 is 5.32 Å². The lowest BCUT2D eigenvalue weighted by Gasteiger charge is -2.53. The summed E-state index contributed by atoms with van der Waals surface area (Å²) < 4.78 is 44.2. The average Bonchev–Trinajstić information content (AvgIpc) is 2.74. The number of halogens is 2. The molecular weight excluding hydrogens is 429 g/mol. The molecule has 168 valence electrons. The largest absolute Gasteiger partial charge is 0.490 e. The van der Waals surface area contributed by atoms with E-state index in [1.807, 2.05) is 0 Å². The minimum Gasteiger partial charge on any atom is -0.490 e. The van der Waals surface area contributed by atoms with Crippen LogP contribution in [0.4, 0.5) is 4.39 Å². The van der Waals surface area contributed by atoms with Crippen LogP contribution in [0.5, 0.6) is 0 Å². The molecule has 30 heavy (non-hydrogen) atoms. The number of fused-ring (bicyclic) bond motifs is 3. The zero-order chi connectivity index (χ0) is 21.9. The highest BCUT2D eigenvalue weighted by molar-refractivity contribution is 7.73. The van der Waals surface area contributed by atoms with Crippen molar-refractivity contribution in [3.05, 3.63) is 22.4 Å². The Bertz CT molecular complexity index is 860. The molecule has 0 aromatic rings. The highest BCUT2D eigenvalue weighted by Crippen LogP contribution is 2.59. The van der Waals surface area contributed by atoms with Gasteiger partial charge in [-0.15, -0.1) is 0 Å². The second-order valence-electron chi connectivity index (χ2n) is 9.06. The Morgan fingerprint density at radius 2 is 1.80 bits per heavy atom. The topological polar surface area (TPSA) is 72.5 Å². The highest BCUT2D eigenvalue weighted by Gasteiger charge is 2.49. The Hall–Kier alpha value is -1.34. The molecule has 1 N–H and O–H groups in total. The smallest absolute Gasteiger partial charge is 0.250 e. The summed E-state index contributed by atoms with van der Waals surface area (Å²) in [6, 6.07) is 0. The minimum atomic E-state index is -2.89. The lowest BCUT2D eigenvalue weighted by Crippen LogP contribution is -2.44. The number of hydrogen-bond acceptors (Lipinski definition) is 4. The first kappa shape index (κ1) is 23.3. The van der Waals surface area contributed by atoms with Gasteiger partial charge in [-0.2, -0.15) is 8.42 Å². The molecule has 1 atom stereocenters. The number of unbranched alkanes of at least 4 members (excludes halogenated alkanes) is 2. The fourth-order valence-corrected chi connectivity index (χ4v) is 6.13. The first-order valence-electron chi connectivity index (χ1n) is 10.8. The summed E-state index contributed by atoms with van der Waals surface area (Å²) in [5.41, 5.74) is 0.115. The van der Waals surface area contributed by atoms with Crippen LogP contribution in [-0.2, 0) is 19.8 Å². The van der Waals surface area contributed by atoms with Crippen LogP contribution in [0.3, 0.4) is 0 Å². The fraction of sp³-hybridized carbons (Fsp3) is 0.727. The molecule has 0 aromatic carbocycles. The predicted octanol–water partition coefficient (Wildman–Crippen LogP) is 4.45. The molecule has 4 aliphatic carbocycles. The van der Waals surface area contributed by atoms with Crippen molar-refractivity contribution in [2.24, 2.45) is 10.8 Å². The zero-order valence-corrected chi connectivity index (χ0v) is 19.3. The van der Waals surface area contributed by atoms with Gasteiger partial charge >= 0.3 is 0 Å². The van der Waals surface area contributed by atoms with Gasteiger partial charge in [0.1, 0.15) is 0 Å². The van der Waals surface area contributed by atoms with Gasteiger partial charge in [-0.3, -0.25) is 4.79 Å². The SMILES string of the molecule is CCCCCC12CCC(COC3=C(Cl)C=C(C(=O)NC)C(F)C3=S(=O)=O)(CC1)CC2. The lowest BCUT2D eigenvalue weighted by atomic mass is 9.53. The molecule has 5 nitrogen and oxygen atoms in total. The van der Waals surface area contributed by atoms with Gasteiger partial charge in [-0.25, -0.2) is 4.39 Å². The third-order valence-corrected chi connectivity index (χ3v) is 8.32. The van der Waals surface area contributed by atoms with Gasteiger partial charge in [0.25, 0.3) is 0 Å². The molecule has 0 aromatic heterocycles. The Morgan fingerprint density at radius 1 is 1.20 bits per heavy atom. The van der Waals surface area contributed by atoms with E-state index in [0.29, 0.717) is 12.0 Å². The van der Waals surface area contributed by atoms with Crippen LogP contribution in [-0.4, -0.2) is 39.0 Å². The molecule has 3 saturated carbocycles. The van der Waals surface area contributed by atoms with E-state index in [9.17, 15) is 17.6 Å². The van der Waals surface area contributed by atoms with Crippen LogP contribution in [0.25, 0.3) is 0 Å². The molecule has 4 rings (SSSR count). The summed E-state index contributed by atoms with van der Waals surface area (Å²) in [6.45, 7) is 2.54. The molecular formula is C22H31ClFNO4S. The van der Waals surface area contributed by atoms with Crippen LogP contribution in [0, 0.1) is 10.8 Å². The minimum absolute atomic E-state index is 0.0112. The van der Waals surface area contributed by atoms with Gasteiger partial charge in [-0.1, -0.05) is 37.8 Å². The summed E-state index contributed by atoms with van der Waals surface area (Å²) >= 11 is 6.23. The van der Waals surface area contributed by atoms with Crippen molar-refractivity contribution in [1.29, 1.82) is 0 Å². The maximum atomic E-state index is 14.8. The molecule has 4 aliphatic rings. The predicted molar refractivity (Wildman–Crippen MR) is 117 cm³/mol. The van der Waals surface area contributed by atoms with Crippen LogP contribution in [0.15, 0.2) is 22.4 Å². The van der Waals surface area contributed by atoms with E-state index in [1.165, 1.54) is 52.0 Å². The second-order valence-corrected chi connectivity index (χ2v) is 10.4. The number of amides is 1. The zero-order valence-electron chi connectivity index (χ0n) is 17.7. The average molecular weight is 460 g/mol. The Labute approximate surface area is 184 Å². The molecule has 1 unspecified atom stereocenters. The normalized spacial score (nSPS) is 30.9. The van der Waals surface area contributed by atoms with Gasteiger partial charge < -0.3 is 10.1 Å². The summed E-state index contributed by atoms with van der Waals surface area (Å²) in [7, 11) is -1.54. The van der Waals surface area contributed by atoms with E-state index in [4.69, 9.17) is 16.3 Å². The van der Waals surface area contributed by atoms with E-state index in [1.54, 1.807) is 0 Å². The van der Waals surface area contributed by atoms with Gasteiger partial charge in [0.15, 0.2) is 16.8 Å². The number of ether oxygens (including phenoxy) is 1. The first-order valence-corrected chi connectivity index (χ1v) is 12.3. The van der Waals surface area contributed by atoms with Crippen LogP contribution in [0.1, 0.15) is 71.1 Å². The van der Waals surface area contributed by atoms with Gasteiger partial charge in [0.05, 0.1) is 17.2 Å². The van der Waals surface area contributed by atoms with Crippen molar-refractivity contribution in [1.82, 2.24) is 5.32 Å². The monoisotopic (exact) mass is 459 g/mol. The van der Waals surface area contributed by atoms with Crippen molar-refractivity contribution in [2.75, 3.05) is 13.7 Å². The van der Waals surface area contributed by atoms with E-state index in [0.717, 1.165) is 25.3 Å². The maximum absolute atomic E-state index is 14.8. The Kier molecular flexibility index (Phi) is 7.33. The second kappa shape index (κ2) is 9.43. The summed E-state index contributed by atoms with van der Waals surface area (Å²) in [5.74, 6) is -0.870. The van der Waals surface area contributed by atoms with Crippen LogP contribution in [0.2, 0.25) is 0 Å². The van der Waals surface area contributed by atoms with Crippen molar-refractivity contribution in [2.45, 2.75) is 77.3 Å². The van der Waals surface area contributed by atoms with Gasteiger partial charge in [-0.05, 0) is 56.4 Å². The quantitative estimate of drug-likeness (QED) is 0.430. The highest BCUT2D eigenvalue weighted by atomic mass is 35.5. The van der Waals surface area contributed by atoms with Gasteiger partial charge in [0, 0.05) is 12.5 Å². The summed E-state index contributed by atoms with van der Waals surface area (Å²) in [4.78, 5) is 11.3. The number of rotatable bonds is 8. The van der Waals surface area contributed by atoms with E-state index in [2.05, 4.69) is 12.2 Å². The standard InChI is InChI=1S/C22H31ClFNO4S/c1-3-4-5-6-21-7-10-22(11-8-21,12-9-21)14-29-18-16(23)13-15(20(26)25-2)17(24)19(18)30(27)28/h13,17H,3-12,14H2,1-2H3,(H,25,26). The molecule has 0 aliphatic heterocycles. The lowest BCUT2D eigenvalue weighted by molar-refractivity contribution is -0.117. The summed E-state index contributed by atoms with van der Waals surface area (Å²) in [5, 5.41) is 2.25. The molecule has 0 saturated heterocycles. The van der Waals surface area contributed by atoms with E-state index in [-0.39, 0.29) is 21.8 Å². The molecule has 2 bridgehead atoms. The van der Waals surface area contributed by atoms with Crippen molar-refractivity contribution >= 4 is 32.7 Å². The Balaban J connectivity index is 1.73. The van der Waals surface area contributed by atoms with Gasteiger partial charge in [0.2, 0.25) is 16.2 Å². The summed E-state index contributed by atoms with van der Waals surface area (Å²) in [6.07, 6.45) is 10.8. The third kappa shape index (κ3) is 4.62. The molecule has 0 heterocycles. The molecule has 0 radical (unpaired) electrons. The number of likely N-dealkylation sites (N-methyl/N-ethyl adjacent to an activating group) is 1. The number of hydrogen-bond donors (Lipinski definition) is 1. The number of carbonyl (C=O) groups excluding carboxylic acids is 1. The third-order valence-electron chi connectivity index (χ3n) is 7.29. The first-order chi connectivity index (χ1) is 14.3. The van der Waals surface area contributed by atoms with Crippen molar-refractivity contribution in [3.8, 4) is 0 Å². The number of nitrogens with one attached hydrogen (secondary N) is 1. The Morgan fingerprint density at radius 3 is 2.33 bits per heavy atom. The molecule has 0 spiro atoms. The molecule has 3 fully saturated rings. The number of carbonyl (C=O) groups is 1. The number of allylic oxidation sites excluding steroid dienone is 3. The van der Waals surface area contributed by atoms with Crippen molar-refractivity contribution < 1.29 is 22.3 Å². The van der Waals surface area contributed by atoms with Crippen molar-refractivity contribution in [3.63, 3.8) is 0 Å². The fourth-order valence-electron chi connectivity index (χ4n) is 5.18. The van der Waals surface area contributed by atoms with E-state index >= 15 is 0 Å². The number of alkyl halides is 1. The molecule has 8 heteroatoms. The van der Waals surface area contributed by atoms with E-state index < -0.39 is 27.2 Å². The van der Waals surface area contributed by atoms with Crippen LogP contribution >= 0.6 is 11.6 Å². The molecule has 1 amide bonds.